The van der Waals surface area contributed by atoms with E-state index in [0.717, 1.165) is 19.8 Å². The number of primary amides is 1. The van der Waals surface area contributed by atoms with Crippen molar-refractivity contribution in [3.8, 4) is 0 Å². The summed E-state index contributed by atoms with van der Waals surface area (Å²) in [4.78, 5) is 11.7. The van der Waals surface area contributed by atoms with Crippen molar-refractivity contribution in [3.63, 3.8) is 0 Å². The van der Waals surface area contributed by atoms with Crippen molar-refractivity contribution in [2.24, 2.45) is 5.73 Å². The van der Waals surface area contributed by atoms with Crippen molar-refractivity contribution < 1.29 is 22.7 Å². The van der Waals surface area contributed by atoms with E-state index in [1.165, 1.54) is 0 Å². The van der Waals surface area contributed by atoms with Crippen LogP contribution in [0.2, 0.25) is 0 Å². The van der Waals surface area contributed by atoms with Crippen LogP contribution in [0.1, 0.15) is 45.4 Å². The number of nitrogens with two attached hydrogens (primary N) is 1. The minimum atomic E-state index is -4.38. The Hall–Kier alpha value is -0.820. The molecule has 0 saturated heterocycles. The summed E-state index contributed by atoms with van der Waals surface area (Å²) in [6.07, 6.45) is -2.86. The maximum absolute atomic E-state index is 12.5. The van der Waals surface area contributed by atoms with E-state index in [2.05, 4.69) is 5.32 Å². The lowest BCUT2D eigenvalue weighted by Crippen LogP contribution is -2.60. The average molecular weight is 294 g/mol. The third kappa shape index (κ3) is 3.63. The van der Waals surface area contributed by atoms with Crippen LogP contribution in [0.4, 0.5) is 13.2 Å². The minimum absolute atomic E-state index is 0.221. The molecule has 0 aromatic heterocycles. The van der Waals surface area contributed by atoms with Gasteiger partial charge in [0.05, 0.1) is 6.10 Å². The van der Waals surface area contributed by atoms with Crippen LogP contribution in [0.15, 0.2) is 0 Å². The van der Waals surface area contributed by atoms with Gasteiger partial charge in [0, 0.05) is 12.5 Å². The molecule has 2 aliphatic carbocycles. The first-order chi connectivity index (χ1) is 9.23. The molecule has 3 N–H and O–H groups in total. The smallest absolute Gasteiger partial charge is 0.368 e. The molecule has 2 aliphatic rings. The summed E-state index contributed by atoms with van der Waals surface area (Å²) in [5.41, 5.74) is 4.57. The number of hydrogen-bond acceptors (Lipinski definition) is 3. The zero-order chi connectivity index (χ0) is 15.0. The maximum Gasteiger partial charge on any atom is 0.414 e. The zero-order valence-electron chi connectivity index (χ0n) is 11.5. The summed E-state index contributed by atoms with van der Waals surface area (Å²) in [5.74, 6) is -0.489. The van der Waals surface area contributed by atoms with Crippen LogP contribution in [-0.2, 0) is 9.53 Å². The molecule has 0 aromatic rings. The lowest BCUT2D eigenvalue weighted by molar-refractivity contribution is -0.231. The summed E-state index contributed by atoms with van der Waals surface area (Å²) in [7, 11) is 0. The fourth-order valence-corrected chi connectivity index (χ4v) is 2.75. The Morgan fingerprint density at radius 3 is 2.55 bits per heavy atom. The molecule has 0 radical (unpaired) electrons. The zero-order valence-corrected chi connectivity index (χ0v) is 11.5. The molecule has 20 heavy (non-hydrogen) atoms. The number of ether oxygens (including phenoxy) is 1. The second-order valence-electron chi connectivity index (χ2n) is 5.90. The summed E-state index contributed by atoms with van der Waals surface area (Å²) in [6.45, 7) is 0.995. The number of rotatable bonds is 5. The molecule has 3 atom stereocenters. The van der Waals surface area contributed by atoms with Crippen molar-refractivity contribution in [1.29, 1.82) is 0 Å². The average Bonchev–Trinajstić information content (AvgIpc) is 3.11. The number of halogens is 3. The van der Waals surface area contributed by atoms with Gasteiger partial charge in [0.2, 0.25) is 5.91 Å². The second kappa shape index (κ2) is 5.52. The lowest BCUT2D eigenvalue weighted by atomic mass is 9.79. The summed E-state index contributed by atoms with van der Waals surface area (Å²) >= 11 is 0. The first kappa shape index (κ1) is 15.6. The largest absolute Gasteiger partial charge is 0.414 e. The Labute approximate surface area is 116 Å². The van der Waals surface area contributed by atoms with E-state index in [4.69, 9.17) is 10.5 Å². The van der Waals surface area contributed by atoms with Gasteiger partial charge in [-0.2, -0.15) is 13.2 Å². The van der Waals surface area contributed by atoms with Gasteiger partial charge in [-0.1, -0.05) is 0 Å². The van der Waals surface area contributed by atoms with Crippen LogP contribution in [0.5, 0.6) is 0 Å². The molecule has 0 aromatic carbocycles. The molecule has 7 heteroatoms. The highest BCUT2D eigenvalue weighted by atomic mass is 19.4. The molecule has 0 spiro atoms. The van der Waals surface area contributed by atoms with Gasteiger partial charge in [-0.25, -0.2) is 0 Å². The van der Waals surface area contributed by atoms with E-state index in [1.54, 1.807) is 0 Å². The number of alkyl halides is 3. The van der Waals surface area contributed by atoms with Crippen LogP contribution in [0, 0.1) is 0 Å². The van der Waals surface area contributed by atoms with Gasteiger partial charge < -0.3 is 15.8 Å². The number of carbonyl (C=O) groups is 1. The number of carbonyl (C=O) groups excluding carboxylic acids is 1. The molecule has 0 heterocycles. The topological polar surface area (TPSA) is 64.3 Å². The molecule has 2 rings (SSSR count). The van der Waals surface area contributed by atoms with E-state index in [-0.39, 0.29) is 12.5 Å². The van der Waals surface area contributed by atoms with Crippen LogP contribution in [0.3, 0.4) is 0 Å². The normalized spacial score (nSPS) is 32.9. The van der Waals surface area contributed by atoms with E-state index >= 15 is 0 Å². The molecule has 1 amide bonds. The van der Waals surface area contributed by atoms with Gasteiger partial charge in [-0.3, -0.25) is 4.79 Å². The summed E-state index contributed by atoms with van der Waals surface area (Å²) < 4.78 is 42.7. The number of hydrogen-bond donors (Lipinski definition) is 2. The van der Waals surface area contributed by atoms with Crippen molar-refractivity contribution in [3.05, 3.63) is 0 Å². The van der Waals surface area contributed by atoms with Gasteiger partial charge in [-0.15, -0.1) is 0 Å². The Balaban J connectivity index is 2.00. The monoisotopic (exact) mass is 294 g/mol. The Bertz CT molecular complexity index is 371. The third-order valence-corrected chi connectivity index (χ3v) is 4.09. The van der Waals surface area contributed by atoms with Crippen LogP contribution >= 0.6 is 0 Å². The van der Waals surface area contributed by atoms with E-state index in [1.807, 2.05) is 0 Å². The molecule has 2 fully saturated rings. The maximum atomic E-state index is 12.5. The Morgan fingerprint density at radius 1 is 1.40 bits per heavy atom. The fourth-order valence-electron chi connectivity index (χ4n) is 2.75. The highest BCUT2D eigenvalue weighted by Gasteiger charge is 2.47. The van der Waals surface area contributed by atoms with E-state index in [9.17, 15) is 18.0 Å². The predicted octanol–water partition coefficient (Wildman–Crippen LogP) is 1.87. The van der Waals surface area contributed by atoms with Gasteiger partial charge in [0.15, 0.2) is 6.10 Å². The molecular formula is C13H21F3N2O2. The predicted molar refractivity (Wildman–Crippen MR) is 66.9 cm³/mol. The molecule has 116 valence electrons. The van der Waals surface area contributed by atoms with Crippen molar-refractivity contribution in [2.75, 3.05) is 0 Å². The standard InChI is InChI=1S/C13H21F3N2O2/c1-8(13(14,15)16)20-10-3-2-6-12(7-10,11(17)19)18-9-4-5-9/h8-10,18H,2-7H2,1H3,(H2,17,19). The number of amides is 1. The molecule has 0 aliphatic heterocycles. The van der Waals surface area contributed by atoms with Crippen molar-refractivity contribution in [2.45, 2.75) is 75.4 Å². The van der Waals surface area contributed by atoms with Crippen LogP contribution < -0.4 is 11.1 Å². The highest BCUT2D eigenvalue weighted by Crippen LogP contribution is 2.35. The lowest BCUT2D eigenvalue weighted by Gasteiger charge is -2.40. The van der Waals surface area contributed by atoms with E-state index in [0.29, 0.717) is 19.3 Å². The van der Waals surface area contributed by atoms with Gasteiger partial charge in [-0.05, 0) is 39.0 Å². The molecule has 4 nitrogen and oxygen atoms in total. The van der Waals surface area contributed by atoms with Gasteiger partial charge in [0.25, 0.3) is 0 Å². The summed E-state index contributed by atoms with van der Waals surface area (Å²) in [5, 5.41) is 3.21. The van der Waals surface area contributed by atoms with E-state index < -0.39 is 29.8 Å². The molecule has 2 saturated carbocycles. The minimum Gasteiger partial charge on any atom is -0.368 e. The van der Waals surface area contributed by atoms with Crippen LogP contribution in [0.25, 0.3) is 0 Å². The molecular weight excluding hydrogens is 273 g/mol. The Morgan fingerprint density at radius 2 is 2.05 bits per heavy atom. The molecule has 3 unspecified atom stereocenters. The first-order valence-corrected chi connectivity index (χ1v) is 7.03. The second-order valence-corrected chi connectivity index (χ2v) is 5.90. The quantitative estimate of drug-likeness (QED) is 0.813. The Kier molecular flexibility index (Phi) is 4.30. The number of nitrogens with one attached hydrogen (secondary N) is 1. The van der Waals surface area contributed by atoms with Crippen molar-refractivity contribution >= 4 is 5.91 Å². The molecule has 0 bridgehead atoms. The highest BCUT2D eigenvalue weighted by molar-refractivity contribution is 5.85. The fraction of sp³-hybridized carbons (Fsp3) is 0.923. The van der Waals surface area contributed by atoms with Gasteiger partial charge in [0.1, 0.15) is 5.54 Å². The third-order valence-electron chi connectivity index (χ3n) is 4.09. The summed E-state index contributed by atoms with van der Waals surface area (Å²) in [6, 6.07) is 0.265. The SMILES string of the molecule is CC(OC1CCCC(NC2CC2)(C(N)=O)C1)C(F)(F)F. The van der Waals surface area contributed by atoms with Crippen molar-refractivity contribution in [1.82, 2.24) is 5.32 Å². The van der Waals surface area contributed by atoms with Gasteiger partial charge >= 0.3 is 6.18 Å². The first-order valence-electron chi connectivity index (χ1n) is 7.03. The van der Waals surface area contributed by atoms with Crippen LogP contribution in [-0.4, -0.2) is 35.9 Å².